The van der Waals surface area contributed by atoms with E-state index in [2.05, 4.69) is 22.0 Å². The fourth-order valence-electron chi connectivity index (χ4n) is 3.69. The van der Waals surface area contributed by atoms with Crippen molar-refractivity contribution in [2.45, 2.75) is 33.1 Å². The lowest BCUT2D eigenvalue weighted by Gasteiger charge is -2.38. The zero-order chi connectivity index (χ0) is 21.7. The maximum absolute atomic E-state index is 12.0. The minimum Gasteiger partial charge on any atom is -0.478 e. The summed E-state index contributed by atoms with van der Waals surface area (Å²) in [6.45, 7) is 7.27. The van der Waals surface area contributed by atoms with E-state index in [1.54, 1.807) is 12.1 Å². The SMILES string of the molecule is CCCCC(=O)Nc1ccc(N2CCN(c3cc(Cl)ccc3C)CC2)cc1C(=O)O. The van der Waals surface area contributed by atoms with Crippen LogP contribution in [0.15, 0.2) is 36.4 Å². The minimum absolute atomic E-state index is 0.116. The summed E-state index contributed by atoms with van der Waals surface area (Å²) in [4.78, 5) is 28.3. The summed E-state index contributed by atoms with van der Waals surface area (Å²) in [6, 6.07) is 11.1. The molecule has 1 fully saturated rings. The zero-order valence-electron chi connectivity index (χ0n) is 17.4. The number of benzene rings is 2. The Morgan fingerprint density at radius 1 is 1.07 bits per heavy atom. The van der Waals surface area contributed by atoms with E-state index in [1.807, 2.05) is 31.2 Å². The van der Waals surface area contributed by atoms with Crippen molar-refractivity contribution in [1.29, 1.82) is 0 Å². The first kappa shape index (κ1) is 22.0. The lowest BCUT2D eigenvalue weighted by atomic mass is 10.1. The van der Waals surface area contributed by atoms with E-state index in [0.29, 0.717) is 12.1 Å². The van der Waals surface area contributed by atoms with Crippen molar-refractivity contribution in [1.82, 2.24) is 0 Å². The number of carboxylic acids is 1. The molecule has 0 bridgehead atoms. The lowest BCUT2D eigenvalue weighted by molar-refractivity contribution is -0.116. The number of rotatable bonds is 7. The summed E-state index contributed by atoms with van der Waals surface area (Å²) >= 11 is 6.16. The largest absolute Gasteiger partial charge is 0.478 e. The van der Waals surface area contributed by atoms with Gasteiger partial charge < -0.3 is 20.2 Å². The molecule has 0 aromatic heterocycles. The maximum atomic E-state index is 12.0. The highest BCUT2D eigenvalue weighted by atomic mass is 35.5. The third-order valence-corrected chi connectivity index (χ3v) is 5.66. The quantitative estimate of drug-likeness (QED) is 0.661. The van der Waals surface area contributed by atoms with Crippen LogP contribution < -0.4 is 15.1 Å². The number of nitrogens with one attached hydrogen (secondary N) is 1. The summed E-state index contributed by atoms with van der Waals surface area (Å²) in [7, 11) is 0. The van der Waals surface area contributed by atoms with E-state index in [-0.39, 0.29) is 11.5 Å². The number of unbranched alkanes of at least 4 members (excludes halogenated alkanes) is 1. The molecule has 0 atom stereocenters. The molecule has 30 heavy (non-hydrogen) atoms. The van der Waals surface area contributed by atoms with Crippen molar-refractivity contribution in [3.8, 4) is 0 Å². The van der Waals surface area contributed by atoms with Crippen molar-refractivity contribution >= 4 is 40.5 Å². The highest BCUT2D eigenvalue weighted by Crippen LogP contribution is 2.28. The third kappa shape index (κ3) is 5.25. The fraction of sp³-hybridized carbons (Fsp3) is 0.391. The number of hydrogen-bond acceptors (Lipinski definition) is 4. The molecule has 2 N–H and O–H groups in total. The van der Waals surface area contributed by atoms with Gasteiger partial charge in [0.15, 0.2) is 0 Å². The van der Waals surface area contributed by atoms with Crippen LogP contribution in [0, 0.1) is 6.92 Å². The van der Waals surface area contributed by atoms with Crippen LogP contribution >= 0.6 is 11.6 Å². The molecule has 6 nitrogen and oxygen atoms in total. The number of piperazine rings is 1. The average Bonchev–Trinajstić information content (AvgIpc) is 2.74. The van der Waals surface area contributed by atoms with Gasteiger partial charge in [-0.1, -0.05) is 31.0 Å². The number of hydrogen-bond donors (Lipinski definition) is 2. The molecule has 0 saturated carbocycles. The average molecular weight is 430 g/mol. The van der Waals surface area contributed by atoms with Crippen LogP contribution in [0.5, 0.6) is 0 Å². The molecule has 1 aliphatic heterocycles. The van der Waals surface area contributed by atoms with Crippen molar-refractivity contribution in [3.05, 3.63) is 52.5 Å². The van der Waals surface area contributed by atoms with E-state index >= 15 is 0 Å². The molecule has 3 rings (SSSR count). The first-order chi connectivity index (χ1) is 14.4. The van der Waals surface area contributed by atoms with Gasteiger partial charge in [-0.05, 0) is 49.2 Å². The Morgan fingerprint density at radius 2 is 1.77 bits per heavy atom. The first-order valence-electron chi connectivity index (χ1n) is 10.3. The van der Waals surface area contributed by atoms with Gasteiger partial charge >= 0.3 is 5.97 Å². The van der Waals surface area contributed by atoms with Gasteiger partial charge in [-0.3, -0.25) is 4.79 Å². The number of anilines is 3. The second-order valence-corrected chi connectivity index (χ2v) is 8.03. The summed E-state index contributed by atoms with van der Waals surface area (Å²) in [5, 5.41) is 13.1. The Hall–Kier alpha value is -2.73. The first-order valence-corrected chi connectivity index (χ1v) is 10.7. The molecule has 1 saturated heterocycles. The number of carboxylic acid groups (broad SMARTS) is 1. The van der Waals surface area contributed by atoms with Crippen LogP contribution in [-0.2, 0) is 4.79 Å². The molecular formula is C23H28ClN3O3. The molecule has 1 heterocycles. The molecule has 7 heteroatoms. The molecule has 2 aromatic carbocycles. The molecule has 2 aromatic rings. The van der Waals surface area contributed by atoms with E-state index in [0.717, 1.165) is 55.4 Å². The van der Waals surface area contributed by atoms with Crippen LogP contribution in [0.1, 0.15) is 42.1 Å². The molecule has 1 amide bonds. The second kappa shape index (κ2) is 9.85. The number of aromatic carboxylic acids is 1. The van der Waals surface area contributed by atoms with Gasteiger partial charge in [0.1, 0.15) is 0 Å². The van der Waals surface area contributed by atoms with Crippen molar-refractivity contribution < 1.29 is 14.7 Å². The highest BCUT2D eigenvalue weighted by molar-refractivity contribution is 6.30. The second-order valence-electron chi connectivity index (χ2n) is 7.59. The lowest BCUT2D eigenvalue weighted by Crippen LogP contribution is -2.46. The fourth-order valence-corrected chi connectivity index (χ4v) is 3.86. The van der Waals surface area contributed by atoms with Gasteiger partial charge in [0.2, 0.25) is 5.91 Å². The molecule has 0 aliphatic carbocycles. The Labute approximate surface area is 182 Å². The van der Waals surface area contributed by atoms with Crippen molar-refractivity contribution in [2.24, 2.45) is 0 Å². The molecule has 0 spiro atoms. The van der Waals surface area contributed by atoms with Crippen LogP contribution in [0.3, 0.4) is 0 Å². The predicted octanol–water partition coefficient (Wildman–Crippen LogP) is 4.80. The summed E-state index contributed by atoms with van der Waals surface area (Å²) in [6.07, 6.45) is 2.09. The summed E-state index contributed by atoms with van der Waals surface area (Å²) < 4.78 is 0. The number of carbonyl (C=O) groups excluding carboxylic acids is 1. The number of nitrogens with zero attached hydrogens (tertiary/aromatic N) is 2. The van der Waals surface area contributed by atoms with Gasteiger partial charge in [0, 0.05) is 49.0 Å². The summed E-state index contributed by atoms with van der Waals surface area (Å²) in [5.41, 5.74) is 3.63. The normalized spacial score (nSPS) is 14.0. The van der Waals surface area contributed by atoms with E-state index in [9.17, 15) is 14.7 Å². The number of carbonyl (C=O) groups is 2. The van der Waals surface area contributed by atoms with E-state index in [4.69, 9.17) is 11.6 Å². The summed E-state index contributed by atoms with van der Waals surface area (Å²) in [5.74, 6) is -1.20. The minimum atomic E-state index is -1.05. The van der Waals surface area contributed by atoms with Crippen LogP contribution in [-0.4, -0.2) is 43.2 Å². The Morgan fingerprint density at radius 3 is 2.43 bits per heavy atom. The van der Waals surface area contributed by atoms with Gasteiger partial charge in [-0.25, -0.2) is 4.79 Å². The number of amides is 1. The third-order valence-electron chi connectivity index (χ3n) is 5.42. The van der Waals surface area contributed by atoms with E-state index in [1.165, 1.54) is 5.56 Å². The standard InChI is InChI=1S/C23H28ClN3O3/c1-3-4-5-22(28)25-20-9-8-18(15-19(20)23(29)30)26-10-12-27(13-11-26)21-14-17(24)7-6-16(21)2/h6-9,14-15H,3-5,10-13H2,1-2H3,(H,25,28)(H,29,30). The topological polar surface area (TPSA) is 72.9 Å². The number of halogens is 1. The van der Waals surface area contributed by atoms with Crippen LogP contribution in [0.4, 0.5) is 17.1 Å². The monoisotopic (exact) mass is 429 g/mol. The van der Waals surface area contributed by atoms with Crippen molar-refractivity contribution in [3.63, 3.8) is 0 Å². The van der Waals surface area contributed by atoms with Gasteiger partial charge in [-0.15, -0.1) is 0 Å². The molecule has 1 aliphatic rings. The van der Waals surface area contributed by atoms with Gasteiger partial charge in [-0.2, -0.15) is 0 Å². The molecule has 160 valence electrons. The molecule has 0 radical (unpaired) electrons. The molecular weight excluding hydrogens is 402 g/mol. The van der Waals surface area contributed by atoms with Gasteiger partial charge in [0.25, 0.3) is 0 Å². The van der Waals surface area contributed by atoms with Crippen molar-refractivity contribution in [2.75, 3.05) is 41.3 Å². The maximum Gasteiger partial charge on any atom is 0.337 e. The van der Waals surface area contributed by atoms with Crippen LogP contribution in [0.2, 0.25) is 5.02 Å². The molecule has 0 unspecified atom stereocenters. The predicted molar refractivity (Wildman–Crippen MR) is 122 cm³/mol. The smallest absolute Gasteiger partial charge is 0.337 e. The van der Waals surface area contributed by atoms with E-state index < -0.39 is 5.97 Å². The van der Waals surface area contributed by atoms with Gasteiger partial charge in [0.05, 0.1) is 11.3 Å². The Bertz CT molecular complexity index is 924. The number of aryl methyl sites for hydroxylation is 1. The zero-order valence-corrected chi connectivity index (χ0v) is 18.2. The Balaban J connectivity index is 1.71. The van der Waals surface area contributed by atoms with Crippen LogP contribution in [0.25, 0.3) is 0 Å². The Kier molecular flexibility index (Phi) is 7.21. The highest BCUT2D eigenvalue weighted by Gasteiger charge is 2.21.